The first-order chi connectivity index (χ1) is 9.57. The SMILES string of the molecule is Cc1cnc2ccc(C(C)(C)N3CCNCC3)cc2c1. The van der Waals surface area contributed by atoms with Crippen LogP contribution in [0.15, 0.2) is 30.5 Å². The van der Waals surface area contributed by atoms with Crippen molar-refractivity contribution in [3.63, 3.8) is 0 Å². The summed E-state index contributed by atoms with van der Waals surface area (Å²) < 4.78 is 0. The molecule has 1 aliphatic rings. The maximum absolute atomic E-state index is 4.49. The zero-order valence-corrected chi connectivity index (χ0v) is 12.6. The van der Waals surface area contributed by atoms with Crippen LogP contribution in [0.3, 0.4) is 0 Å². The lowest BCUT2D eigenvalue weighted by atomic mass is 9.90. The molecule has 1 fully saturated rings. The van der Waals surface area contributed by atoms with Gasteiger partial charge in [-0.15, -0.1) is 0 Å². The van der Waals surface area contributed by atoms with Crippen LogP contribution in [0.25, 0.3) is 10.9 Å². The first kappa shape index (κ1) is 13.5. The maximum atomic E-state index is 4.49. The van der Waals surface area contributed by atoms with E-state index in [-0.39, 0.29) is 5.54 Å². The van der Waals surface area contributed by atoms with Crippen molar-refractivity contribution in [2.75, 3.05) is 26.2 Å². The van der Waals surface area contributed by atoms with Crippen LogP contribution in [0.4, 0.5) is 0 Å². The fourth-order valence-corrected chi connectivity index (χ4v) is 3.03. The van der Waals surface area contributed by atoms with Gasteiger partial charge < -0.3 is 5.32 Å². The van der Waals surface area contributed by atoms with E-state index in [1.165, 1.54) is 16.5 Å². The molecule has 0 bridgehead atoms. The molecule has 20 heavy (non-hydrogen) atoms. The van der Waals surface area contributed by atoms with Gasteiger partial charge in [0.25, 0.3) is 0 Å². The summed E-state index contributed by atoms with van der Waals surface area (Å²) in [5.74, 6) is 0. The van der Waals surface area contributed by atoms with Gasteiger partial charge in [0.1, 0.15) is 0 Å². The van der Waals surface area contributed by atoms with Crippen LogP contribution in [0, 0.1) is 6.92 Å². The second-order valence-electron chi connectivity index (χ2n) is 6.22. The molecule has 0 amide bonds. The fraction of sp³-hybridized carbons (Fsp3) is 0.471. The minimum Gasteiger partial charge on any atom is -0.314 e. The third-order valence-electron chi connectivity index (χ3n) is 4.43. The van der Waals surface area contributed by atoms with E-state index in [0.717, 1.165) is 31.7 Å². The molecule has 0 saturated carbocycles. The summed E-state index contributed by atoms with van der Waals surface area (Å²) in [6, 6.07) is 8.90. The van der Waals surface area contributed by atoms with Gasteiger partial charge in [-0.25, -0.2) is 0 Å². The number of fused-ring (bicyclic) bond motifs is 1. The van der Waals surface area contributed by atoms with Gasteiger partial charge in [-0.05, 0) is 50.1 Å². The summed E-state index contributed by atoms with van der Waals surface area (Å²) in [5.41, 5.74) is 3.74. The zero-order valence-electron chi connectivity index (χ0n) is 12.6. The summed E-state index contributed by atoms with van der Waals surface area (Å²) in [4.78, 5) is 7.06. The molecule has 2 heterocycles. The molecule has 3 rings (SSSR count). The highest BCUT2D eigenvalue weighted by Gasteiger charge is 2.29. The van der Waals surface area contributed by atoms with Crippen molar-refractivity contribution >= 4 is 10.9 Å². The van der Waals surface area contributed by atoms with Crippen molar-refractivity contribution in [3.8, 4) is 0 Å². The Morgan fingerprint density at radius 2 is 1.90 bits per heavy atom. The highest BCUT2D eigenvalue weighted by molar-refractivity contribution is 5.80. The van der Waals surface area contributed by atoms with Crippen LogP contribution in [0.1, 0.15) is 25.0 Å². The molecule has 1 N–H and O–H groups in total. The van der Waals surface area contributed by atoms with Crippen LogP contribution >= 0.6 is 0 Å². The quantitative estimate of drug-likeness (QED) is 0.908. The lowest BCUT2D eigenvalue weighted by Crippen LogP contribution is -2.51. The summed E-state index contributed by atoms with van der Waals surface area (Å²) >= 11 is 0. The number of nitrogens with one attached hydrogen (secondary N) is 1. The lowest BCUT2D eigenvalue weighted by molar-refractivity contribution is 0.103. The number of rotatable bonds is 2. The first-order valence-corrected chi connectivity index (χ1v) is 7.40. The largest absolute Gasteiger partial charge is 0.314 e. The molecular weight excluding hydrogens is 246 g/mol. The predicted octanol–water partition coefficient (Wildman–Crippen LogP) is 2.68. The van der Waals surface area contributed by atoms with Gasteiger partial charge in [0.2, 0.25) is 0 Å². The lowest BCUT2D eigenvalue weighted by Gasteiger charge is -2.41. The van der Waals surface area contributed by atoms with E-state index in [1.54, 1.807) is 0 Å². The number of nitrogens with zero attached hydrogens (tertiary/aromatic N) is 2. The number of piperazine rings is 1. The number of hydrogen-bond acceptors (Lipinski definition) is 3. The molecule has 1 aliphatic heterocycles. The van der Waals surface area contributed by atoms with Crippen molar-refractivity contribution in [1.29, 1.82) is 0 Å². The molecule has 1 aromatic carbocycles. The summed E-state index contributed by atoms with van der Waals surface area (Å²) in [6.07, 6.45) is 1.93. The number of hydrogen-bond donors (Lipinski definition) is 1. The maximum Gasteiger partial charge on any atom is 0.0702 e. The van der Waals surface area contributed by atoms with Crippen molar-refractivity contribution in [2.24, 2.45) is 0 Å². The summed E-state index contributed by atoms with van der Waals surface area (Å²) in [6.45, 7) is 11.1. The van der Waals surface area contributed by atoms with Crippen molar-refractivity contribution in [2.45, 2.75) is 26.3 Å². The van der Waals surface area contributed by atoms with Crippen LogP contribution in [-0.2, 0) is 5.54 Å². The number of aryl methyl sites for hydroxylation is 1. The molecule has 0 atom stereocenters. The molecule has 0 unspecified atom stereocenters. The third kappa shape index (κ3) is 2.43. The zero-order chi connectivity index (χ0) is 14.2. The fourth-order valence-electron chi connectivity index (χ4n) is 3.03. The van der Waals surface area contributed by atoms with E-state index in [2.05, 4.69) is 60.2 Å². The van der Waals surface area contributed by atoms with Gasteiger partial charge in [0, 0.05) is 43.3 Å². The smallest absolute Gasteiger partial charge is 0.0702 e. The second kappa shape index (κ2) is 5.15. The second-order valence-corrected chi connectivity index (χ2v) is 6.22. The molecule has 1 aromatic heterocycles. The molecule has 0 spiro atoms. The standard InChI is InChI=1S/C17H23N3/c1-13-10-14-11-15(4-5-16(14)19-12-13)17(2,3)20-8-6-18-7-9-20/h4-5,10-12,18H,6-9H2,1-3H3. The number of aromatic nitrogens is 1. The van der Waals surface area contributed by atoms with Gasteiger partial charge in [-0.2, -0.15) is 0 Å². The molecule has 0 aliphatic carbocycles. The molecular formula is C17H23N3. The Labute approximate surface area is 121 Å². The normalized spacial score (nSPS) is 17.6. The van der Waals surface area contributed by atoms with Gasteiger partial charge >= 0.3 is 0 Å². The Hall–Kier alpha value is -1.45. The molecule has 3 nitrogen and oxygen atoms in total. The Bertz CT molecular complexity index is 613. The van der Waals surface area contributed by atoms with Crippen LogP contribution in [0.2, 0.25) is 0 Å². The average molecular weight is 269 g/mol. The first-order valence-electron chi connectivity index (χ1n) is 7.40. The highest BCUT2D eigenvalue weighted by atomic mass is 15.2. The third-order valence-corrected chi connectivity index (χ3v) is 4.43. The Kier molecular flexibility index (Phi) is 3.48. The van der Waals surface area contributed by atoms with E-state index >= 15 is 0 Å². The van der Waals surface area contributed by atoms with Gasteiger partial charge in [-0.3, -0.25) is 9.88 Å². The molecule has 106 valence electrons. The molecule has 1 saturated heterocycles. The predicted molar refractivity (Wildman–Crippen MR) is 83.9 cm³/mol. The van der Waals surface area contributed by atoms with E-state index in [0.29, 0.717) is 0 Å². The van der Waals surface area contributed by atoms with E-state index in [9.17, 15) is 0 Å². The Balaban J connectivity index is 1.99. The number of benzene rings is 1. The minimum atomic E-state index is 0.0695. The Morgan fingerprint density at radius 1 is 1.15 bits per heavy atom. The van der Waals surface area contributed by atoms with Gasteiger partial charge in [0.05, 0.1) is 5.52 Å². The van der Waals surface area contributed by atoms with Gasteiger partial charge in [0.15, 0.2) is 0 Å². The summed E-state index contributed by atoms with van der Waals surface area (Å²) in [5, 5.41) is 4.67. The van der Waals surface area contributed by atoms with Crippen molar-refractivity contribution < 1.29 is 0 Å². The molecule has 0 radical (unpaired) electrons. The monoisotopic (exact) mass is 269 g/mol. The van der Waals surface area contributed by atoms with E-state index in [4.69, 9.17) is 0 Å². The average Bonchev–Trinajstić information content (AvgIpc) is 2.47. The molecule has 3 heteroatoms. The van der Waals surface area contributed by atoms with Crippen LogP contribution < -0.4 is 5.32 Å². The van der Waals surface area contributed by atoms with Crippen molar-refractivity contribution in [1.82, 2.24) is 15.2 Å². The topological polar surface area (TPSA) is 28.2 Å². The van der Waals surface area contributed by atoms with E-state index < -0.39 is 0 Å². The van der Waals surface area contributed by atoms with Gasteiger partial charge in [-0.1, -0.05) is 6.07 Å². The highest BCUT2D eigenvalue weighted by Crippen LogP contribution is 2.30. The van der Waals surface area contributed by atoms with E-state index in [1.807, 2.05) is 6.20 Å². The summed E-state index contributed by atoms with van der Waals surface area (Å²) in [7, 11) is 0. The number of pyridine rings is 1. The van der Waals surface area contributed by atoms with Crippen molar-refractivity contribution in [3.05, 3.63) is 41.6 Å². The Morgan fingerprint density at radius 3 is 2.65 bits per heavy atom. The molecule has 2 aromatic rings. The van der Waals surface area contributed by atoms with Crippen LogP contribution in [-0.4, -0.2) is 36.1 Å². The van der Waals surface area contributed by atoms with Crippen LogP contribution in [0.5, 0.6) is 0 Å². The minimum absolute atomic E-state index is 0.0695.